The van der Waals surface area contributed by atoms with Crippen molar-refractivity contribution in [3.63, 3.8) is 0 Å². The van der Waals surface area contributed by atoms with E-state index in [1.54, 1.807) is 7.11 Å². The summed E-state index contributed by atoms with van der Waals surface area (Å²) in [7, 11) is 5.57. The molecule has 1 aromatic rings. The van der Waals surface area contributed by atoms with Crippen LogP contribution in [0, 0.1) is 0 Å². The van der Waals surface area contributed by atoms with Gasteiger partial charge in [-0.2, -0.15) is 0 Å². The van der Waals surface area contributed by atoms with Crippen LogP contribution in [0.5, 0.6) is 5.75 Å². The summed E-state index contributed by atoms with van der Waals surface area (Å²) < 4.78 is 5.09. The van der Waals surface area contributed by atoms with Crippen LogP contribution >= 0.6 is 0 Å². The van der Waals surface area contributed by atoms with E-state index in [-0.39, 0.29) is 0 Å². The van der Waals surface area contributed by atoms with Gasteiger partial charge >= 0.3 is 0 Å². The monoisotopic (exact) mass is 178 g/mol. The number of ether oxygens (including phenoxy) is 1. The van der Waals surface area contributed by atoms with Crippen molar-refractivity contribution in [1.29, 1.82) is 0 Å². The van der Waals surface area contributed by atoms with Crippen molar-refractivity contribution >= 4 is 18.1 Å². The summed E-state index contributed by atoms with van der Waals surface area (Å²) in [6, 6.07) is 5.73. The minimum Gasteiger partial charge on any atom is -0.497 e. The summed E-state index contributed by atoms with van der Waals surface area (Å²) in [5.74, 6) is 0.799. The Morgan fingerprint density at radius 2 is 2.08 bits per heavy atom. The van der Waals surface area contributed by atoms with Gasteiger partial charge in [-0.25, -0.2) is 0 Å². The van der Waals surface area contributed by atoms with Crippen molar-refractivity contribution < 1.29 is 4.74 Å². The lowest BCUT2D eigenvalue weighted by molar-refractivity contribution is 0.415. The van der Waals surface area contributed by atoms with Gasteiger partial charge in [0.05, 0.1) is 18.5 Å². The zero-order valence-electron chi connectivity index (χ0n) is 8.24. The van der Waals surface area contributed by atoms with Crippen molar-refractivity contribution in [3.8, 4) is 5.75 Å². The van der Waals surface area contributed by atoms with E-state index in [2.05, 4.69) is 11.7 Å². The topological polar surface area (TPSA) is 24.8 Å². The number of rotatable bonds is 3. The van der Waals surface area contributed by atoms with Crippen LogP contribution in [0.2, 0.25) is 0 Å². The molecule has 0 bridgehead atoms. The van der Waals surface area contributed by atoms with E-state index in [0.717, 1.165) is 17.1 Å². The van der Waals surface area contributed by atoms with Crippen molar-refractivity contribution in [2.24, 2.45) is 4.99 Å². The highest BCUT2D eigenvalue weighted by molar-refractivity contribution is 5.70. The molecule has 0 spiro atoms. The highest BCUT2D eigenvalue weighted by atomic mass is 16.5. The molecular weight excluding hydrogens is 164 g/mol. The van der Waals surface area contributed by atoms with Gasteiger partial charge in [-0.05, 0) is 18.9 Å². The first-order valence-corrected chi connectivity index (χ1v) is 4.01. The second-order valence-corrected chi connectivity index (χ2v) is 2.91. The summed E-state index contributed by atoms with van der Waals surface area (Å²) in [6.07, 6.45) is 0. The third kappa shape index (κ3) is 1.99. The number of anilines is 1. The average molecular weight is 178 g/mol. The maximum absolute atomic E-state index is 5.09. The lowest BCUT2D eigenvalue weighted by Crippen LogP contribution is -2.08. The van der Waals surface area contributed by atoms with Crippen molar-refractivity contribution in [2.45, 2.75) is 0 Å². The fourth-order valence-corrected chi connectivity index (χ4v) is 1.14. The van der Waals surface area contributed by atoms with Crippen molar-refractivity contribution in [1.82, 2.24) is 0 Å². The second kappa shape index (κ2) is 3.94. The van der Waals surface area contributed by atoms with Gasteiger partial charge in [0.15, 0.2) is 0 Å². The van der Waals surface area contributed by atoms with Crippen LogP contribution in [-0.2, 0) is 0 Å². The quantitative estimate of drug-likeness (QED) is 0.662. The van der Waals surface area contributed by atoms with Gasteiger partial charge in [-0.3, -0.25) is 4.99 Å². The van der Waals surface area contributed by atoms with E-state index in [1.165, 1.54) is 0 Å². The molecule has 0 aromatic heterocycles. The number of hydrogen-bond donors (Lipinski definition) is 0. The molecule has 70 valence electrons. The smallest absolute Gasteiger partial charge is 0.121 e. The Bertz CT molecular complexity index is 308. The first kappa shape index (κ1) is 9.58. The molecule has 0 heterocycles. The van der Waals surface area contributed by atoms with Gasteiger partial charge in [0.2, 0.25) is 0 Å². The Morgan fingerprint density at radius 1 is 1.38 bits per heavy atom. The van der Waals surface area contributed by atoms with E-state index in [1.807, 2.05) is 37.2 Å². The lowest BCUT2D eigenvalue weighted by Gasteiger charge is -2.15. The van der Waals surface area contributed by atoms with E-state index in [4.69, 9.17) is 4.74 Å². The van der Waals surface area contributed by atoms with Crippen LogP contribution in [0.1, 0.15) is 0 Å². The average Bonchev–Trinajstić information content (AvgIpc) is 2.16. The van der Waals surface area contributed by atoms with Crippen LogP contribution in [-0.4, -0.2) is 27.9 Å². The molecule has 0 amide bonds. The molecule has 0 radical (unpaired) electrons. The zero-order valence-corrected chi connectivity index (χ0v) is 8.24. The minimum absolute atomic E-state index is 0.799. The van der Waals surface area contributed by atoms with E-state index in [9.17, 15) is 0 Å². The molecule has 13 heavy (non-hydrogen) atoms. The Hall–Kier alpha value is -1.51. The molecular formula is C10H14N2O. The number of benzene rings is 1. The van der Waals surface area contributed by atoms with Gasteiger partial charge in [0, 0.05) is 20.2 Å². The molecule has 0 unspecified atom stereocenters. The van der Waals surface area contributed by atoms with Crippen LogP contribution in [0.3, 0.4) is 0 Å². The van der Waals surface area contributed by atoms with E-state index < -0.39 is 0 Å². The summed E-state index contributed by atoms with van der Waals surface area (Å²) in [6.45, 7) is 3.52. The molecule has 0 saturated heterocycles. The minimum atomic E-state index is 0.799. The lowest BCUT2D eigenvalue weighted by atomic mass is 10.2. The number of methoxy groups -OCH3 is 1. The Morgan fingerprint density at radius 3 is 2.54 bits per heavy atom. The predicted octanol–water partition coefficient (Wildman–Crippen LogP) is 2.09. The predicted molar refractivity (Wildman–Crippen MR) is 56.5 cm³/mol. The van der Waals surface area contributed by atoms with Crippen LogP contribution in [0.25, 0.3) is 0 Å². The molecule has 0 N–H and O–H groups in total. The molecule has 0 atom stereocenters. The fourth-order valence-electron chi connectivity index (χ4n) is 1.14. The SMILES string of the molecule is C=Nc1cc(OC)ccc1N(C)C. The first-order valence-electron chi connectivity index (χ1n) is 4.01. The molecule has 0 aliphatic rings. The highest BCUT2D eigenvalue weighted by Gasteiger charge is 2.03. The second-order valence-electron chi connectivity index (χ2n) is 2.91. The molecule has 3 heteroatoms. The third-order valence-electron chi connectivity index (χ3n) is 1.83. The summed E-state index contributed by atoms with van der Waals surface area (Å²) in [4.78, 5) is 5.92. The summed E-state index contributed by atoms with van der Waals surface area (Å²) in [5, 5.41) is 0. The van der Waals surface area contributed by atoms with Crippen LogP contribution in [0.15, 0.2) is 23.2 Å². The van der Waals surface area contributed by atoms with Gasteiger partial charge < -0.3 is 9.64 Å². The van der Waals surface area contributed by atoms with E-state index >= 15 is 0 Å². The molecule has 0 aliphatic heterocycles. The van der Waals surface area contributed by atoms with Crippen LogP contribution < -0.4 is 9.64 Å². The molecule has 3 nitrogen and oxygen atoms in total. The van der Waals surface area contributed by atoms with Crippen LogP contribution in [0.4, 0.5) is 11.4 Å². The Labute approximate surface area is 78.7 Å². The van der Waals surface area contributed by atoms with Crippen molar-refractivity contribution in [2.75, 3.05) is 26.1 Å². The number of nitrogens with zero attached hydrogens (tertiary/aromatic N) is 2. The van der Waals surface area contributed by atoms with Gasteiger partial charge in [-0.15, -0.1) is 0 Å². The third-order valence-corrected chi connectivity index (χ3v) is 1.83. The van der Waals surface area contributed by atoms with E-state index in [0.29, 0.717) is 0 Å². The molecule has 0 fully saturated rings. The largest absolute Gasteiger partial charge is 0.497 e. The number of hydrogen-bond acceptors (Lipinski definition) is 3. The Balaban J connectivity index is 3.15. The summed E-state index contributed by atoms with van der Waals surface area (Å²) in [5.41, 5.74) is 1.88. The van der Waals surface area contributed by atoms with Crippen molar-refractivity contribution in [3.05, 3.63) is 18.2 Å². The number of aliphatic imine (C=N–C) groups is 1. The molecule has 1 aromatic carbocycles. The zero-order chi connectivity index (χ0) is 9.84. The Kier molecular flexibility index (Phi) is 2.90. The first-order chi connectivity index (χ1) is 6.19. The maximum Gasteiger partial charge on any atom is 0.121 e. The standard InChI is InChI=1S/C10H14N2O/c1-11-9-7-8(13-4)5-6-10(9)12(2)3/h5-7H,1H2,2-4H3. The maximum atomic E-state index is 5.09. The fraction of sp³-hybridized carbons (Fsp3) is 0.300. The normalized spacial score (nSPS) is 9.46. The van der Waals surface area contributed by atoms with Gasteiger partial charge in [-0.1, -0.05) is 0 Å². The summed E-state index contributed by atoms with van der Waals surface area (Å²) >= 11 is 0. The van der Waals surface area contributed by atoms with Gasteiger partial charge in [0.25, 0.3) is 0 Å². The van der Waals surface area contributed by atoms with Gasteiger partial charge in [0.1, 0.15) is 5.75 Å². The molecule has 1 rings (SSSR count). The highest BCUT2D eigenvalue weighted by Crippen LogP contribution is 2.30. The molecule has 0 aliphatic carbocycles. The molecule has 0 saturated carbocycles.